The van der Waals surface area contributed by atoms with Gasteiger partial charge in [0.05, 0.1) is 10.7 Å². The number of benzene rings is 1. The lowest BCUT2D eigenvalue weighted by Crippen LogP contribution is -2.48. The zero-order chi connectivity index (χ0) is 16.1. The SMILES string of the molecule is O=CN1CCN(C(=O)CC(=O)Nc2cc(Cl)ccc2Cl)CC1. The van der Waals surface area contributed by atoms with Gasteiger partial charge in [0.2, 0.25) is 18.2 Å². The van der Waals surface area contributed by atoms with Crippen molar-refractivity contribution < 1.29 is 14.4 Å². The zero-order valence-corrected chi connectivity index (χ0v) is 13.2. The molecule has 1 aliphatic rings. The van der Waals surface area contributed by atoms with E-state index in [9.17, 15) is 14.4 Å². The van der Waals surface area contributed by atoms with Gasteiger partial charge in [-0.25, -0.2) is 0 Å². The Bertz CT molecular complexity index is 587. The molecule has 6 nitrogen and oxygen atoms in total. The van der Waals surface area contributed by atoms with Crippen LogP contribution in [0.1, 0.15) is 6.42 Å². The van der Waals surface area contributed by atoms with E-state index < -0.39 is 5.91 Å². The Kier molecular flexibility index (Phi) is 5.63. The Morgan fingerprint density at radius 1 is 1.18 bits per heavy atom. The summed E-state index contributed by atoms with van der Waals surface area (Å²) in [5, 5.41) is 3.36. The number of amides is 3. The first-order chi connectivity index (χ1) is 10.5. The van der Waals surface area contributed by atoms with Gasteiger partial charge < -0.3 is 15.1 Å². The molecular formula is C14H15Cl2N3O3. The van der Waals surface area contributed by atoms with Crippen LogP contribution in [-0.2, 0) is 14.4 Å². The summed E-state index contributed by atoms with van der Waals surface area (Å²) in [5.41, 5.74) is 0.373. The molecule has 0 saturated carbocycles. The van der Waals surface area contributed by atoms with E-state index in [2.05, 4.69) is 5.32 Å². The van der Waals surface area contributed by atoms with Crippen LogP contribution in [0.15, 0.2) is 18.2 Å². The first kappa shape index (κ1) is 16.6. The number of piperazine rings is 1. The molecule has 1 aliphatic heterocycles. The van der Waals surface area contributed by atoms with E-state index in [-0.39, 0.29) is 12.3 Å². The van der Waals surface area contributed by atoms with Crippen LogP contribution < -0.4 is 5.32 Å². The van der Waals surface area contributed by atoms with Crippen molar-refractivity contribution in [3.05, 3.63) is 28.2 Å². The lowest BCUT2D eigenvalue weighted by molar-refractivity contribution is -0.137. The molecule has 1 fully saturated rings. The van der Waals surface area contributed by atoms with Gasteiger partial charge in [-0.3, -0.25) is 14.4 Å². The molecule has 0 aliphatic carbocycles. The fourth-order valence-corrected chi connectivity index (χ4v) is 2.45. The molecule has 1 aromatic carbocycles. The van der Waals surface area contributed by atoms with E-state index in [1.807, 2.05) is 0 Å². The molecule has 0 atom stereocenters. The van der Waals surface area contributed by atoms with Crippen molar-refractivity contribution in [3.63, 3.8) is 0 Å². The van der Waals surface area contributed by atoms with Crippen LogP contribution in [0.2, 0.25) is 10.0 Å². The second kappa shape index (κ2) is 7.47. The van der Waals surface area contributed by atoms with Crippen LogP contribution in [0.25, 0.3) is 0 Å². The second-order valence-corrected chi connectivity index (χ2v) is 5.71. The topological polar surface area (TPSA) is 69.7 Å². The molecule has 1 aromatic rings. The molecule has 22 heavy (non-hydrogen) atoms. The van der Waals surface area contributed by atoms with Gasteiger partial charge >= 0.3 is 0 Å². The van der Waals surface area contributed by atoms with Crippen LogP contribution in [0.4, 0.5) is 5.69 Å². The molecule has 0 aromatic heterocycles. The largest absolute Gasteiger partial charge is 0.342 e. The number of hydrogen-bond donors (Lipinski definition) is 1. The molecule has 8 heteroatoms. The summed E-state index contributed by atoms with van der Waals surface area (Å²) in [6, 6.07) is 4.70. The van der Waals surface area contributed by atoms with Crippen LogP contribution in [0.3, 0.4) is 0 Å². The minimum atomic E-state index is -0.452. The number of halogens is 2. The molecule has 1 N–H and O–H groups in total. The van der Waals surface area contributed by atoms with Gasteiger partial charge in [0.15, 0.2) is 0 Å². The predicted molar refractivity (Wildman–Crippen MR) is 83.9 cm³/mol. The van der Waals surface area contributed by atoms with Crippen molar-refractivity contribution in [2.24, 2.45) is 0 Å². The fourth-order valence-electron chi connectivity index (χ4n) is 2.11. The third kappa shape index (κ3) is 4.35. The van der Waals surface area contributed by atoms with Crippen molar-refractivity contribution in [2.75, 3.05) is 31.5 Å². The van der Waals surface area contributed by atoms with Crippen molar-refractivity contribution in [2.45, 2.75) is 6.42 Å². The zero-order valence-electron chi connectivity index (χ0n) is 11.7. The Hall–Kier alpha value is -1.79. The quantitative estimate of drug-likeness (QED) is 0.667. The van der Waals surface area contributed by atoms with Gasteiger partial charge in [-0.1, -0.05) is 23.2 Å². The van der Waals surface area contributed by atoms with E-state index in [1.54, 1.807) is 21.9 Å². The molecule has 118 valence electrons. The molecule has 3 amide bonds. The van der Waals surface area contributed by atoms with Crippen LogP contribution in [0.5, 0.6) is 0 Å². The Morgan fingerprint density at radius 3 is 2.50 bits per heavy atom. The summed E-state index contributed by atoms with van der Waals surface area (Å²) in [6.45, 7) is 1.83. The molecule has 0 radical (unpaired) electrons. The number of hydrogen-bond acceptors (Lipinski definition) is 3. The lowest BCUT2D eigenvalue weighted by Gasteiger charge is -2.32. The average Bonchev–Trinajstić information content (AvgIpc) is 2.51. The standard InChI is InChI=1S/C14H15Cl2N3O3/c15-10-1-2-11(16)12(7-10)17-13(21)8-14(22)19-5-3-18(9-20)4-6-19/h1-2,7,9H,3-6,8H2,(H,17,21). The van der Waals surface area contributed by atoms with Crippen LogP contribution >= 0.6 is 23.2 Å². The highest BCUT2D eigenvalue weighted by Gasteiger charge is 2.22. The molecule has 0 unspecified atom stereocenters. The van der Waals surface area contributed by atoms with Gasteiger partial charge in [-0.2, -0.15) is 0 Å². The maximum absolute atomic E-state index is 12.0. The highest BCUT2D eigenvalue weighted by atomic mass is 35.5. The maximum Gasteiger partial charge on any atom is 0.233 e. The van der Waals surface area contributed by atoms with Crippen molar-refractivity contribution in [3.8, 4) is 0 Å². The van der Waals surface area contributed by atoms with Crippen molar-refractivity contribution in [1.82, 2.24) is 9.80 Å². The van der Waals surface area contributed by atoms with Gasteiger partial charge in [0.1, 0.15) is 6.42 Å². The van der Waals surface area contributed by atoms with Gasteiger partial charge in [-0.05, 0) is 18.2 Å². The third-order valence-corrected chi connectivity index (χ3v) is 3.90. The van der Waals surface area contributed by atoms with Gasteiger partial charge in [0.25, 0.3) is 0 Å². The number of nitrogens with one attached hydrogen (secondary N) is 1. The number of rotatable bonds is 4. The molecular weight excluding hydrogens is 329 g/mol. The predicted octanol–water partition coefficient (Wildman–Crippen LogP) is 1.62. The Labute approximate surface area is 138 Å². The van der Waals surface area contributed by atoms with E-state index in [0.29, 0.717) is 41.9 Å². The van der Waals surface area contributed by atoms with Gasteiger partial charge in [0, 0.05) is 31.2 Å². The molecule has 1 saturated heterocycles. The van der Waals surface area contributed by atoms with Crippen LogP contribution in [-0.4, -0.2) is 54.2 Å². The first-order valence-corrected chi connectivity index (χ1v) is 7.47. The maximum atomic E-state index is 12.0. The van der Waals surface area contributed by atoms with Crippen molar-refractivity contribution >= 4 is 47.1 Å². The van der Waals surface area contributed by atoms with E-state index in [0.717, 1.165) is 6.41 Å². The fraction of sp³-hybridized carbons (Fsp3) is 0.357. The first-order valence-electron chi connectivity index (χ1n) is 6.71. The van der Waals surface area contributed by atoms with Gasteiger partial charge in [-0.15, -0.1) is 0 Å². The van der Waals surface area contributed by atoms with E-state index in [4.69, 9.17) is 23.2 Å². The summed E-state index contributed by atoms with van der Waals surface area (Å²) in [5.74, 6) is -0.729. The monoisotopic (exact) mass is 343 g/mol. The minimum Gasteiger partial charge on any atom is -0.342 e. The number of anilines is 1. The average molecular weight is 344 g/mol. The minimum absolute atomic E-state index is 0.274. The third-order valence-electron chi connectivity index (χ3n) is 3.33. The normalized spacial score (nSPS) is 14.6. The van der Waals surface area contributed by atoms with Crippen LogP contribution in [0, 0.1) is 0 Å². The molecule has 2 rings (SSSR count). The Balaban J connectivity index is 1.88. The molecule has 0 spiro atoms. The second-order valence-electron chi connectivity index (χ2n) is 4.87. The summed E-state index contributed by atoms with van der Waals surface area (Å²) < 4.78 is 0. The highest BCUT2D eigenvalue weighted by Crippen LogP contribution is 2.25. The molecule has 1 heterocycles. The smallest absolute Gasteiger partial charge is 0.233 e. The Morgan fingerprint density at radius 2 is 1.86 bits per heavy atom. The number of carbonyl (C=O) groups excluding carboxylic acids is 3. The summed E-state index contributed by atoms with van der Waals surface area (Å²) in [7, 11) is 0. The lowest BCUT2D eigenvalue weighted by atomic mass is 10.2. The highest BCUT2D eigenvalue weighted by molar-refractivity contribution is 6.35. The molecule has 0 bridgehead atoms. The number of nitrogens with zero attached hydrogens (tertiary/aromatic N) is 2. The number of carbonyl (C=O) groups is 3. The summed E-state index contributed by atoms with van der Waals surface area (Å²) in [6.07, 6.45) is 0.486. The summed E-state index contributed by atoms with van der Waals surface area (Å²) in [4.78, 5) is 37.7. The van der Waals surface area contributed by atoms with E-state index >= 15 is 0 Å². The van der Waals surface area contributed by atoms with E-state index in [1.165, 1.54) is 6.07 Å². The summed E-state index contributed by atoms with van der Waals surface area (Å²) >= 11 is 11.8. The van der Waals surface area contributed by atoms with Crippen molar-refractivity contribution in [1.29, 1.82) is 0 Å².